The summed E-state index contributed by atoms with van der Waals surface area (Å²) >= 11 is 0. The number of hydrogen-bond acceptors (Lipinski definition) is 9. The molecule has 0 aliphatic carbocycles. The van der Waals surface area contributed by atoms with E-state index in [0.29, 0.717) is 17.9 Å². The lowest BCUT2D eigenvalue weighted by Gasteiger charge is -2.31. The number of benzene rings is 1. The molecule has 0 bridgehead atoms. The van der Waals surface area contributed by atoms with Crippen LogP contribution in [-0.2, 0) is 30.4 Å². The summed E-state index contributed by atoms with van der Waals surface area (Å²) < 4.78 is 5.37. The minimum Gasteiger partial charge on any atom is -0.494 e. The number of rotatable bonds is 20. The van der Waals surface area contributed by atoms with Crippen LogP contribution in [0.15, 0.2) is 24.3 Å². The van der Waals surface area contributed by atoms with Crippen molar-refractivity contribution >= 4 is 29.8 Å². The maximum Gasteiger partial charge on any atom is 0.321 e. The molecular weight excluding hydrogens is 494 g/mol. The summed E-state index contributed by atoms with van der Waals surface area (Å²) in [5.74, 6) is -5.64. The smallest absolute Gasteiger partial charge is 0.321 e. The van der Waals surface area contributed by atoms with Gasteiger partial charge >= 0.3 is 29.8 Å². The Balaban J connectivity index is 2.98. The molecule has 0 amide bonds. The summed E-state index contributed by atoms with van der Waals surface area (Å²) in [7, 11) is 0. The van der Waals surface area contributed by atoms with E-state index in [1.807, 2.05) is 6.92 Å². The SMILES string of the molecule is CCOc1ccc(CC(C(=O)O)N(CCN(CCN(CC(=O)O)CC(=O)O)CC(=O)O)CC(=O)O)cc1. The van der Waals surface area contributed by atoms with E-state index in [9.17, 15) is 39.3 Å². The van der Waals surface area contributed by atoms with Gasteiger partial charge < -0.3 is 30.3 Å². The molecule has 0 saturated heterocycles. The van der Waals surface area contributed by atoms with Crippen LogP contribution in [0.2, 0.25) is 0 Å². The lowest BCUT2D eigenvalue weighted by molar-refractivity contribution is -0.147. The van der Waals surface area contributed by atoms with Crippen molar-refractivity contribution < 1.29 is 54.2 Å². The molecule has 1 rings (SSSR count). The van der Waals surface area contributed by atoms with Crippen molar-refractivity contribution in [3.05, 3.63) is 29.8 Å². The first kappa shape index (κ1) is 31.3. The first-order chi connectivity index (χ1) is 17.4. The van der Waals surface area contributed by atoms with Crippen LogP contribution in [0.5, 0.6) is 5.75 Å². The van der Waals surface area contributed by atoms with Gasteiger partial charge in [0.25, 0.3) is 0 Å². The van der Waals surface area contributed by atoms with Crippen LogP contribution in [-0.4, -0.2) is 135 Å². The van der Waals surface area contributed by atoms with Gasteiger partial charge in [0.1, 0.15) is 11.8 Å². The number of carboxylic acid groups (broad SMARTS) is 5. The Hall–Kier alpha value is -3.75. The summed E-state index contributed by atoms with van der Waals surface area (Å²) in [6.07, 6.45) is -0.0149. The maximum absolute atomic E-state index is 12.1. The molecule has 0 heterocycles. The molecule has 1 atom stereocenters. The zero-order chi connectivity index (χ0) is 28.0. The van der Waals surface area contributed by atoms with Crippen LogP contribution in [0, 0.1) is 0 Å². The van der Waals surface area contributed by atoms with Gasteiger partial charge in [0.05, 0.1) is 32.8 Å². The second-order valence-corrected chi connectivity index (χ2v) is 8.17. The highest BCUT2D eigenvalue weighted by atomic mass is 16.5. The molecule has 0 spiro atoms. The molecule has 37 heavy (non-hydrogen) atoms. The summed E-state index contributed by atoms with van der Waals surface area (Å²) in [5, 5.41) is 46.4. The fourth-order valence-corrected chi connectivity index (χ4v) is 3.61. The highest BCUT2D eigenvalue weighted by Gasteiger charge is 2.28. The fraction of sp³-hybridized carbons (Fsp3) is 0.522. The third kappa shape index (κ3) is 13.2. The molecule has 206 valence electrons. The van der Waals surface area contributed by atoms with E-state index < -0.39 is 62.1 Å². The van der Waals surface area contributed by atoms with Crippen molar-refractivity contribution in [2.75, 3.05) is 59.0 Å². The maximum atomic E-state index is 12.1. The Bertz CT molecular complexity index is 907. The molecule has 14 heteroatoms. The van der Waals surface area contributed by atoms with E-state index in [2.05, 4.69) is 0 Å². The molecule has 1 unspecified atom stereocenters. The van der Waals surface area contributed by atoms with Crippen LogP contribution in [0.4, 0.5) is 0 Å². The molecule has 0 aliphatic rings. The fourth-order valence-electron chi connectivity index (χ4n) is 3.61. The predicted molar refractivity (Wildman–Crippen MR) is 128 cm³/mol. The van der Waals surface area contributed by atoms with Crippen LogP contribution in [0.1, 0.15) is 12.5 Å². The number of hydrogen-bond donors (Lipinski definition) is 5. The average molecular weight is 528 g/mol. The van der Waals surface area contributed by atoms with E-state index in [1.54, 1.807) is 24.3 Å². The Labute approximate surface area is 213 Å². The highest BCUT2D eigenvalue weighted by Crippen LogP contribution is 2.16. The molecule has 1 aromatic rings. The van der Waals surface area contributed by atoms with Gasteiger partial charge in [-0.25, -0.2) is 0 Å². The largest absolute Gasteiger partial charge is 0.494 e. The second kappa shape index (κ2) is 16.1. The first-order valence-corrected chi connectivity index (χ1v) is 11.4. The number of aliphatic carboxylic acids is 5. The van der Waals surface area contributed by atoms with Gasteiger partial charge in [-0.2, -0.15) is 0 Å². The van der Waals surface area contributed by atoms with Crippen molar-refractivity contribution in [2.45, 2.75) is 19.4 Å². The average Bonchev–Trinajstić information content (AvgIpc) is 2.78. The van der Waals surface area contributed by atoms with Gasteiger partial charge in [-0.3, -0.25) is 38.7 Å². The molecule has 1 aromatic carbocycles. The number of ether oxygens (including phenoxy) is 1. The standard InChI is InChI=1S/C23H33N3O11/c1-2-37-17-5-3-16(4-6-17)11-18(23(35)36)26(15-22(33)34)10-9-24(12-19(27)28)7-8-25(13-20(29)30)14-21(31)32/h3-6,18H,2,7-15H2,1H3,(H,27,28)(H,29,30)(H,31,32)(H,33,34)(H,35,36). The molecule has 14 nitrogen and oxygen atoms in total. The van der Waals surface area contributed by atoms with E-state index >= 15 is 0 Å². The molecule has 5 N–H and O–H groups in total. The molecule has 0 radical (unpaired) electrons. The van der Waals surface area contributed by atoms with Crippen molar-refractivity contribution in [1.29, 1.82) is 0 Å². The van der Waals surface area contributed by atoms with Gasteiger partial charge in [0.15, 0.2) is 0 Å². The van der Waals surface area contributed by atoms with Crippen LogP contribution in [0.3, 0.4) is 0 Å². The predicted octanol–water partition coefficient (Wildman–Crippen LogP) is -0.675. The first-order valence-electron chi connectivity index (χ1n) is 11.4. The molecule has 0 aliphatic heterocycles. The quantitative estimate of drug-likeness (QED) is 0.143. The summed E-state index contributed by atoms with van der Waals surface area (Å²) in [6.45, 7) is -0.258. The second-order valence-electron chi connectivity index (χ2n) is 8.17. The van der Waals surface area contributed by atoms with E-state index in [4.69, 9.17) is 14.9 Å². The zero-order valence-electron chi connectivity index (χ0n) is 20.5. The summed E-state index contributed by atoms with van der Waals surface area (Å²) in [5.41, 5.74) is 0.631. The van der Waals surface area contributed by atoms with Crippen LogP contribution < -0.4 is 4.74 Å². The van der Waals surface area contributed by atoms with Crippen molar-refractivity contribution in [2.24, 2.45) is 0 Å². The van der Waals surface area contributed by atoms with Gasteiger partial charge in [0.2, 0.25) is 0 Å². The number of nitrogens with zero attached hydrogens (tertiary/aromatic N) is 3. The number of carbonyl (C=O) groups is 5. The Morgan fingerprint density at radius 1 is 0.703 bits per heavy atom. The van der Waals surface area contributed by atoms with Crippen LogP contribution >= 0.6 is 0 Å². The summed E-state index contributed by atoms with van der Waals surface area (Å²) in [6, 6.07) is 5.48. The van der Waals surface area contributed by atoms with E-state index in [-0.39, 0.29) is 32.6 Å². The summed E-state index contributed by atoms with van der Waals surface area (Å²) in [4.78, 5) is 60.6. The monoisotopic (exact) mass is 527 g/mol. The van der Waals surface area contributed by atoms with Crippen molar-refractivity contribution in [3.8, 4) is 5.75 Å². The third-order valence-electron chi connectivity index (χ3n) is 5.24. The zero-order valence-corrected chi connectivity index (χ0v) is 20.5. The minimum absolute atomic E-state index is 0.0149. The van der Waals surface area contributed by atoms with Gasteiger partial charge in [-0.1, -0.05) is 12.1 Å². The normalized spacial score (nSPS) is 12.0. The number of carboxylic acids is 5. The third-order valence-corrected chi connectivity index (χ3v) is 5.24. The van der Waals surface area contributed by atoms with Gasteiger partial charge in [0, 0.05) is 26.2 Å². The van der Waals surface area contributed by atoms with Crippen LogP contribution in [0.25, 0.3) is 0 Å². The Kier molecular flexibility index (Phi) is 13.6. The van der Waals surface area contributed by atoms with Gasteiger partial charge in [-0.15, -0.1) is 0 Å². The van der Waals surface area contributed by atoms with E-state index in [1.165, 1.54) is 9.80 Å². The Morgan fingerprint density at radius 3 is 1.62 bits per heavy atom. The Morgan fingerprint density at radius 2 is 1.16 bits per heavy atom. The lowest BCUT2D eigenvalue weighted by atomic mass is 10.0. The van der Waals surface area contributed by atoms with Gasteiger partial charge in [-0.05, 0) is 31.0 Å². The van der Waals surface area contributed by atoms with Crippen molar-refractivity contribution in [3.63, 3.8) is 0 Å². The molecule has 0 aromatic heterocycles. The highest BCUT2D eigenvalue weighted by molar-refractivity contribution is 5.76. The van der Waals surface area contributed by atoms with E-state index in [0.717, 1.165) is 4.90 Å². The topological polar surface area (TPSA) is 205 Å². The lowest BCUT2D eigenvalue weighted by Crippen LogP contribution is -2.49. The molecule has 0 fully saturated rings. The molecular formula is C23H33N3O11. The van der Waals surface area contributed by atoms with Crippen molar-refractivity contribution in [1.82, 2.24) is 14.7 Å². The minimum atomic E-state index is -1.27. The molecule has 0 saturated carbocycles.